The van der Waals surface area contributed by atoms with Gasteiger partial charge in [-0.2, -0.15) is 0 Å². The monoisotopic (exact) mass is 326 g/mol. The van der Waals surface area contributed by atoms with Crippen molar-refractivity contribution in [1.29, 1.82) is 0 Å². The summed E-state index contributed by atoms with van der Waals surface area (Å²) in [5, 5.41) is 0. The van der Waals surface area contributed by atoms with Crippen molar-refractivity contribution in [3.05, 3.63) is 23.8 Å². The molecule has 0 spiro atoms. The van der Waals surface area contributed by atoms with Crippen molar-refractivity contribution in [2.45, 2.75) is 52.9 Å². The minimum Gasteiger partial charge on any atom is -0.300 e. The molecule has 0 amide bonds. The molecular formula is C21H26O3. The molecule has 3 heteroatoms. The predicted octanol–water partition coefficient (Wildman–Crippen LogP) is 3.68. The Bertz CT molecular complexity index is 700. The zero-order chi connectivity index (χ0) is 17.3. The first-order valence-electron chi connectivity index (χ1n) is 9.24. The van der Waals surface area contributed by atoms with Crippen LogP contribution in [0.25, 0.3) is 0 Å². The molecule has 0 saturated heterocycles. The molecule has 4 aliphatic rings. The molecule has 0 heterocycles. The third-order valence-electron chi connectivity index (χ3n) is 7.78. The minimum atomic E-state index is -0.184. The van der Waals surface area contributed by atoms with Crippen molar-refractivity contribution in [2.24, 2.45) is 34.5 Å². The van der Waals surface area contributed by atoms with Gasteiger partial charge in [0.2, 0.25) is 0 Å². The molecule has 0 aromatic rings. The first-order valence-corrected chi connectivity index (χ1v) is 9.24. The number of fused-ring (bicyclic) bond motifs is 5. The summed E-state index contributed by atoms with van der Waals surface area (Å²) in [5.74, 6) is 1.16. The van der Waals surface area contributed by atoms with E-state index in [1.807, 2.05) is 6.08 Å². The molecule has 128 valence electrons. The Labute approximate surface area is 143 Å². The first-order chi connectivity index (χ1) is 11.3. The number of ketones is 3. The molecule has 6 atom stereocenters. The molecule has 0 aromatic heterocycles. The van der Waals surface area contributed by atoms with Crippen LogP contribution in [0.2, 0.25) is 0 Å². The van der Waals surface area contributed by atoms with Gasteiger partial charge < -0.3 is 0 Å². The van der Waals surface area contributed by atoms with E-state index in [9.17, 15) is 14.4 Å². The van der Waals surface area contributed by atoms with Crippen LogP contribution in [0, 0.1) is 34.5 Å². The van der Waals surface area contributed by atoms with E-state index in [1.165, 1.54) is 0 Å². The molecule has 0 unspecified atom stereocenters. The van der Waals surface area contributed by atoms with Crippen LogP contribution in [0.15, 0.2) is 23.8 Å². The Hall–Kier alpha value is -1.51. The molecule has 3 nitrogen and oxygen atoms in total. The number of carbonyl (C=O) groups excluding carboxylic acids is 3. The zero-order valence-electron chi connectivity index (χ0n) is 14.8. The van der Waals surface area contributed by atoms with Crippen molar-refractivity contribution in [3.8, 4) is 0 Å². The number of carbonyl (C=O) groups is 3. The Kier molecular flexibility index (Phi) is 3.33. The number of allylic oxidation sites excluding steroid dienone is 4. The van der Waals surface area contributed by atoms with Gasteiger partial charge in [0, 0.05) is 24.7 Å². The first kappa shape index (κ1) is 16.0. The van der Waals surface area contributed by atoms with Gasteiger partial charge in [0.15, 0.2) is 5.78 Å². The lowest BCUT2D eigenvalue weighted by molar-refractivity contribution is -0.130. The standard InChI is InChI=1S/C21H26O3/c1-12(22)17-11-18(24)19-15-5-4-13-10-14(23)6-8-20(13,2)16(15)7-9-21(17,19)3/h4-5,10,15-17,19H,6-9,11H2,1-3H3/t15-,16+,17-,19-,20+,21-/m1/s1. The molecule has 4 rings (SSSR count). The summed E-state index contributed by atoms with van der Waals surface area (Å²) in [7, 11) is 0. The summed E-state index contributed by atoms with van der Waals surface area (Å²) >= 11 is 0. The molecule has 0 radical (unpaired) electrons. The number of hydrogen-bond acceptors (Lipinski definition) is 3. The highest BCUT2D eigenvalue weighted by Crippen LogP contribution is 2.64. The number of hydrogen-bond donors (Lipinski definition) is 0. The number of Topliss-reactive ketones (excluding diaryl/α,β-unsaturated/α-hetero) is 2. The molecule has 24 heavy (non-hydrogen) atoms. The molecule has 0 N–H and O–H groups in total. The molecular weight excluding hydrogens is 300 g/mol. The lowest BCUT2D eigenvalue weighted by Gasteiger charge is -2.55. The second-order valence-electron chi connectivity index (χ2n) is 8.88. The SMILES string of the molecule is CC(=O)[C@H]1CC(=O)[C@H]2[C@@H]3C=CC4=CC(=O)CC[C@]4(C)[C@H]3CC[C@]12C. The quantitative estimate of drug-likeness (QED) is 0.738. The molecule has 2 saturated carbocycles. The van der Waals surface area contributed by atoms with E-state index in [0.29, 0.717) is 18.8 Å². The van der Waals surface area contributed by atoms with Crippen LogP contribution in [0.5, 0.6) is 0 Å². The average Bonchev–Trinajstić information content (AvgIpc) is 2.80. The van der Waals surface area contributed by atoms with Crippen LogP contribution in [-0.4, -0.2) is 17.3 Å². The van der Waals surface area contributed by atoms with E-state index >= 15 is 0 Å². The fourth-order valence-electron chi connectivity index (χ4n) is 6.41. The van der Waals surface area contributed by atoms with Crippen LogP contribution >= 0.6 is 0 Å². The summed E-state index contributed by atoms with van der Waals surface area (Å²) in [6.45, 7) is 6.08. The second kappa shape index (κ2) is 5.00. The van der Waals surface area contributed by atoms with Crippen molar-refractivity contribution < 1.29 is 14.4 Å². The van der Waals surface area contributed by atoms with E-state index in [2.05, 4.69) is 26.0 Å². The van der Waals surface area contributed by atoms with Gasteiger partial charge in [0.25, 0.3) is 0 Å². The largest absolute Gasteiger partial charge is 0.300 e. The maximum absolute atomic E-state index is 12.8. The van der Waals surface area contributed by atoms with Gasteiger partial charge in [0.1, 0.15) is 11.6 Å². The van der Waals surface area contributed by atoms with E-state index in [0.717, 1.165) is 24.8 Å². The van der Waals surface area contributed by atoms with Crippen LogP contribution in [0.1, 0.15) is 52.9 Å². The Morgan fingerprint density at radius 2 is 1.96 bits per heavy atom. The highest BCUT2D eigenvalue weighted by Gasteiger charge is 2.61. The fourth-order valence-corrected chi connectivity index (χ4v) is 6.41. The minimum absolute atomic E-state index is 0.00322. The van der Waals surface area contributed by atoms with E-state index in [1.54, 1.807) is 6.92 Å². The van der Waals surface area contributed by atoms with Crippen LogP contribution in [0.4, 0.5) is 0 Å². The van der Waals surface area contributed by atoms with Gasteiger partial charge in [-0.05, 0) is 60.5 Å². The summed E-state index contributed by atoms with van der Waals surface area (Å²) < 4.78 is 0. The Morgan fingerprint density at radius 3 is 2.67 bits per heavy atom. The van der Waals surface area contributed by atoms with E-state index in [4.69, 9.17) is 0 Å². The average molecular weight is 326 g/mol. The number of rotatable bonds is 1. The maximum Gasteiger partial charge on any atom is 0.156 e. The van der Waals surface area contributed by atoms with Crippen molar-refractivity contribution in [3.63, 3.8) is 0 Å². The van der Waals surface area contributed by atoms with Gasteiger partial charge in [0.05, 0.1) is 0 Å². The predicted molar refractivity (Wildman–Crippen MR) is 91.2 cm³/mol. The lowest BCUT2D eigenvalue weighted by Crippen LogP contribution is -2.50. The highest BCUT2D eigenvalue weighted by molar-refractivity contribution is 5.94. The lowest BCUT2D eigenvalue weighted by atomic mass is 9.48. The van der Waals surface area contributed by atoms with Crippen molar-refractivity contribution in [2.75, 3.05) is 0 Å². The normalized spacial score (nSPS) is 46.9. The highest BCUT2D eigenvalue weighted by atomic mass is 16.1. The molecule has 0 bridgehead atoms. The topological polar surface area (TPSA) is 51.2 Å². The Morgan fingerprint density at radius 1 is 1.21 bits per heavy atom. The summed E-state index contributed by atoms with van der Waals surface area (Å²) in [6.07, 6.45) is 10.0. The van der Waals surface area contributed by atoms with E-state index in [-0.39, 0.29) is 45.9 Å². The van der Waals surface area contributed by atoms with Crippen LogP contribution < -0.4 is 0 Å². The van der Waals surface area contributed by atoms with Crippen molar-refractivity contribution in [1.82, 2.24) is 0 Å². The van der Waals surface area contributed by atoms with Gasteiger partial charge in [-0.15, -0.1) is 0 Å². The van der Waals surface area contributed by atoms with Crippen LogP contribution in [0.3, 0.4) is 0 Å². The van der Waals surface area contributed by atoms with Gasteiger partial charge in [-0.1, -0.05) is 26.0 Å². The second-order valence-corrected chi connectivity index (χ2v) is 8.88. The molecule has 0 aliphatic heterocycles. The molecule has 2 fully saturated rings. The Balaban J connectivity index is 1.77. The third kappa shape index (κ3) is 1.93. The van der Waals surface area contributed by atoms with Gasteiger partial charge >= 0.3 is 0 Å². The van der Waals surface area contributed by atoms with Crippen LogP contribution in [-0.2, 0) is 14.4 Å². The van der Waals surface area contributed by atoms with Gasteiger partial charge in [-0.25, -0.2) is 0 Å². The smallest absolute Gasteiger partial charge is 0.156 e. The fraction of sp³-hybridized carbons (Fsp3) is 0.667. The third-order valence-corrected chi connectivity index (χ3v) is 7.78. The zero-order valence-corrected chi connectivity index (χ0v) is 14.8. The molecule has 0 aromatic carbocycles. The summed E-state index contributed by atoms with van der Waals surface area (Å²) in [6, 6.07) is 0. The maximum atomic E-state index is 12.8. The summed E-state index contributed by atoms with van der Waals surface area (Å²) in [4.78, 5) is 36.8. The van der Waals surface area contributed by atoms with E-state index < -0.39 is 0 Å². The molecule has 4 aliphatic carbocycles. The van der Waals surface area contributed by atoms with Gasteiger partial charge in [-0.3, -0.25) is 14.4 Å². The van der Waals surface area contributed by atoms with Crippen molar-refractivity contribution >= 4 is 17.3 Å². The summed E-state index contributed by atoms with van der Waals surface area (Å²) in [5.41, 5.74) is 0.969.